The van der Waals surface area contributed by atoms with Crippen molar-refractivity contribution in [1.29, 1.82) is 0 Å². The van der Waals surface area contributed by atoms with Gasteiger partial charge >= 0.3 is 17.9 Å². The molecular formula is C48H61N5O9Si2. The minimum absolute atomic E-state index is 0.0181. The second-order valence-electron chi connectivity index (χ2n) is 20.4. The van der Waals surface area contributed by atoms with Gasteiger partial charge in [-0.05, 0) is 80.2 Å². The van der Waals surface area contributed by atoms with Gasteiger partial charge in [-0.25, -0.2) is 15.0 Å². The maximum atomic E-state index is 13.1. The van der Waals surface area contributed by atoms with Crippen LogP contribution < -0.4 is 5.32 Å². The molecule has 1 saturated heterocycles. The molecule has 0 unspecified atom stereocenters. The minimum atomic E-state index is -2.22. The molecule has 4 aromatic carbocycles. The summed E-state index contributed by atoms with van der Waals surface area (Å²) in [6.07, 6.45) is -0.823. The van der Waals surface area contributed by atoms with Crippen LogP contribution in [0.2, 0.25) is 36.3 Å². The summed E-state index contributed by atoms with van der Waals surface area (Å²) in [5.41, 5.74) is 2.26. The molecule has 7 atom stereocenters. The van der Waals surface area contributed by atoms with Gasteiger partial charge in [0.1, 0.15) is 18.7 Å². The molecule has 14 nitrogen and oxygen atoms in total. The molecule has 0 amide bonds. The first-order valence-electron chi connectivity index (χ1n) is 22.1. The van der Waals surface area contributed by atoms with E-state index in [4.69, 9.17) is 42.8 Å². The fraction of sp³-hybridized carbons (Fsp3) is 0.500. The van der Waals surface area contributed by atoms with Gasteiger partial charge in [0.05, 0.1) is 25.1 Å². The van der Waals surface area contributed by atoms with Gasteiger partial charge in [0.2, 0.25) is 0 Å². The van der Waals surface area contributed by atoms with Crippen LogP contribution in [0.3, 0.4) is 0 Å². The molecule has 0 radical (unpaired) electrons. The van der Waals surface area contributed by atoms with E-state index in [1.807, 2.05) is 28.8 Å². The van der Waals surface area contributed by atoms with Gasteiger partial charge in [0.15, 0.2) is 51.9 Å². The highest BCUT2D eigenvalue weighted by molar-refractivity contribution is 6.74. The molecule has 2 aromatic heterocycles. The summed E-state index contributed by atoms with van der Waals surface area (Å²) in [7, 11) is -4.34. The van der Waals surface area contributed by atoms with Crippen molar-refractivity contribution < 1.29 is 42.2 Å². The number of fused-ring (bicyclic) bond motifs is 3. The number of hydrogen-bond donors (Lipinski definition) is 1. The number of imidazole rings is 1. The summed E-state index contributed by atoms with van der Waals surface area (Å²) in [5, 5.41) is 9.53. The van der Waals surface area contributed by atoms with Gasteiger partial charge in [-0.15, -0.1) is 0 Å². The Morgan fingerprint density at radius 2 is 1.41 bits per heavy atom. The first-order valence-corrected chi connectivity index (χ1v) is 27.9. The Labute approximate surface area is 376 Å². The Hall–Kier alpha value is -5.01. The summed E-state index contributed by atoms with van der Waals surface area (Å²) in [5.74, 6) is -1.49. The molecule has 3 heterocycles. The summed E-state index contributed by atoms with van der Waals surface area (Å²) in [6, 6.07) is 15.5. The van der Waals surface area contributed by atoms with Crippen molar-refractivity contribution in [2.24, 2.45) is 0 Å². The molecule has 6 aromatic rings. The molecule has 1 N–H and O–H groups in total. The highest BCUT2D eigenvalue weighted by Gasteiger charge is 2.51. The predicted octanol–water partition coefficient (Wildman–Crippen LogP) is 10.1. The van der Waals surface area contributed by atoms with Crippen LogP contribution in [0.4, 0.5) is 5.82 Å². The van der Waals surface area contributed by atoms with Gasteiger partial charge in [-0.3, -0.25) is 19.0 Å². The van der Waals surface area contributed by atoms with E-state index in [9.17, 15) is 14.4 Å². The second-order valence-corrected chi connectivity index (χ2v) is 30.0. The lowest BCUT2D eigenvalue weighted by Gasteiger charge is -2.43. The lowest BCUT2D eigenvalue weighted by Crippen LogP contribution is -2.50. The quantitative estimate of drug-likeness (QED) is 0.0566. The van der Waals surface area contributed by atoms with Crippen molar-refractivity contribution in [3.8, 4) is 0 Å². The fourth-order valence-corrected chi connectivity index (χ4v) is 11.1. The fourth-order valence-electron chi connectivity index (χ4n) is 8.77. The SMILES string of the molecule is CC(=O)O[C@@H]1[C@H](OC(C)=O)[C@H](Nc2ncnc3c2ncn3[C@H]2C[C@H](O[Si](C)(C)C(C)(C)C)[C@@H](CO[Si](C)(C)C(C)(C)C)O2)c2c(cc3ccc4cccc5ccc2c3c45)[C@H]1OC(C)=O. The molecule has 8 rings (SSSR count). The number of ether oxygens (including phenoxy) is 4. The molecular weight excluding hydrogens is 847 g/mol. The third kappa shape index (κ3) is 8.27. The summed E-state index contributed by atoms with van der Waals surface area (Å²) < 4.78 is 40.7. The normalized spacial score (nSPS) is 23.2. The molecule has 340 valence electrons. The van der Waals surface area contributed by atoms with Crippen LogP contribution in [0, 0.1) is 0 Å². The lowest BCUT2D eigenvalue weighted by atomic mass is 9.77. The Bertz CT molecular complexity index is 2740. The third-order valence-electron chi connectivity index (χ3n) is 14.0. The average molecular weight is 908 g/mol. The number of esters is 3. The van der Waals surface area contributed by atoms with Gasteiger partial charge in [-0.1, -0.05) is 84.0 Å². The molecule has 0 saturated carbocycles. The standard InChI is InChI=1S/C48H61N5O9Si2/c1-26(54)58-42-33-21-31-18-17-29-15-14-16-30-19-20-32(38(31)37(29)30)39(33)40(43(59-27(2)55)44(42)60-28(3)56)52-45-41-46(50-24-49-45)53(25-51-41)36-22-34(62-64(12,13)48(7,8)9)35(61-36)23-57-63(10,11)47(4,5)6/h14-21,24-25,34-36,40,42-44H,22-23H2,1-13H3,(H,49,50,52)/t34-,35+,36+,40+,42+,43+,44-/m0/s1. The Morgan fingerprint density at radius 1 is 0.781 bits per heavy atom. The smallest absolute Gasteiger partial charge is 0.303 e. The van der Waals surface area contributed by atoms with E-state index in [0.29, 0.717) is 41.1 Å². The van der Waals surface area contributed by atoms with Gasteiger partial charge in [0.25, 0.3) is 0 Å². The molecule has 16 heteroatoms. The molecule has 2 aliphatic rings. The number of carbonyl (C=O) groups excluding carboxylic acids is 3. The van der Waals surface area contributed by atoms with Crippen molar-refractivity contribution in [3.05, 3.63) is 72.3 Å². The second kappa shape index (κ2) is 16.5. The van der Waals surface area contributed by atoms with Crippen LogP contribution >= 0.6 is 0 Å². The van der Waals surface area contributed by atoms with Gasteiger partial charge < -0.3 is 33.1 Å². The number of rotatable bonds is 11. The monoisotopic (exact) mass is 907 g/mol. The first kappa shape index (κ1) is 45.6. The highest BCUT2D eigenvalue weighted by atomic mass is 28.4. The predicted molar refractivity (Wildman–Crippen MR) is 251 cm³/mol. The third-order valence-corrected chi connectivity index (χ3v) is 23.0. The molecule has 1 fully saturated rings. The number of carbonyl (C=O) groups is 3. The molecule has 0 bridgehead atoms. The van der Waals surface area contributed by atoms with E-state index in [0.717, 1.165) is 32.3 Å². The number of nitrogens with one attached hydrogen (secondary N) is 1. The van der Waals surface area contributed by atoms with Crippen LogP contribution in [0.25, 0.3) is 43.5 Å². The lowest BCUT2D eigenvalue weighted by molar-refractivity contribution is -0.187. The van der Waals surface area contributed by atoms with E-state index in [1.165, 1.54) is 27.1 Å². The van der Waals surface area contributed by atoms with Crippen LogP contribution in [0.1, 0.15) is 98.2 Å². The maximum Gasteiger partial charge on any atom is 0.303 e. The topological polar surface area (TPSA) is 162 Å². The van der Waals surface area contributed by atoms with Crippen molar-refractivity contribution in [3.63, 3.8) is 0 Å². The minimum Gasteiger partial charge on any atom is -0.456 e. The van der Waals surface area contributed by atoms with Crippen molar-refractivity contribution >= 4 is 83.8 Å². The number of nitrogens with zero attached hydrogens (tertiary/aromatic N) is 4. The first-order chi connectivity index (χ1) is 30.0. The summed E-state index contributed by atoms with van der Waals surface area (Å²) in [6.45, 7) is 26.6. The number of anilines is 1. The number of benzene rings is 4. The Balaban J connectivity index is 1.24. The van der Waals surface area contributed by atoms with Crippen molar-refractivity contribution in [2.75, 3.05) is 11.9 Å². The average Bonchev–Trinajstić information content (AvgIpc) is 3.81. The van der Waals surface area contributed by atoms with Crippen LogP contribution in [0.5, 0.6) is 0 Å². The largest absolute Gasteiger partial charge is 0.456 e. The van der Waals surface area contributed by atoms with Gasteiger partial charge in [0, 0.05) is 32.8 Å². The number of hydrogen-bond acceptors (Lipinski definition) is 13. The van der Waals surface area contributed by atoms with E-state index in [2.05, 4.69) is 97.3 Å². The van der Waals surface area contributed by atoms with E-state index >= 15 is 0 Å². The Morgan fingerprint density at radius 3 is 2.05 bits per heavy atom. The Kier molecular flexibility index (Phi) is 11.7. The zero-order chi connectivity index (χ0) is 46.3. The zero-order valence-electron chi connectivity index (χ0n) is 39.2. The molecule has 1 aliphatic heterocycles. The summed E-state index contributed by atoms with van der Waals surface area (Å²) >= 11 is 0. The van der Waals surface area contributed by atoms with E-state index in [1.54, 1.807) is 6.33 Å². The molecule has 64 heavy (non-hydrogen) atoms. The van der Waals surface area contributed by atoms with Crippen molar-refractivity contribution in [1.82, 2.24) is 19.5 Å². The maximum absolute atomic E-state index is 13.1. The van der Waals surface area contributed by atoms with Gasteiger partial charge in [-0.2, -0.15) is 0 Å². The molecule has 0 spiro atoms. The van der Waals surface area contributed by atoms with Crippen LogP contribution in [-0.4, -0.2) is 85.1 Å². The van der Waals surface area contributed by atoms with E-state index < -0.39 is 65.1 Å². The zero-order valence-corrected chi connectivity index (χ0v) is 41.2. The van der Waals surface area contributed by atoms with E-state index in [-0.39, 0.29) is 22.3 Å². The highest BCUT2D eigenvalue weighted by Crippen LogP contribution is 2.50. The van der Waals surface area contributed by atoms with Crippen molar-refractivity contribution in [2.45, 2.75) is 148 Å². The van der Waals surface area contributed by atoms with Crippen LogP contribution in [-0.2, 0) is 42.2 Å². The number of aromatic nitrogens is 4. The molecule has 1 aliphatic carbocycles. The summed E-state index contributed by atoms with van der Waals surface area (Å²) in [4.78, 5) is 53.1. The van der Waals surface area contributed by atoms with Crippen LogP contribution in [0.15, 0.2) is 61.2 Å².